The zero-order chi connectivity index (χ0) is 31.3. The van der Waals surface area contributed by atoms with Crippen molar-refractivity contribution in [1.82, 2.24) is 0 Å². The van der Waals surface area contributed by atoms with Gasteiger partial charge in [0.15, 0.2) is 0 Å². The molecule has 0 aliphatic carbocycles. The van der Waals surface area contributed by atoms with E-state index in [1.54, 1.807) is 0 Å². The van der Waals surface area contributed by atoms with E-state index in [1.807, 2.05) is 0 Å². The molecule has 0 saturated carbocycles. The zero-order valence-electron chi connectivity index (χ0n) is 27.0. The van der Waals surface area contributed by atoms with Crippen LogP contribution in [-0.2, 0) is 9.59 Å². The summed E-state index contributed by atoms with van der Waals surface area (Å²) >= 11 is 0. The lowest BCUT2D eigenvalue weighted by molar-refractivity contribution is -0.133. The molecule has 240 valence electrons. The Morgan fingerprint density at radius 2 is 0.550 bits per heavy atom. The van der Waals surface area contributed by atoms with Crippen molar-refractivity contribution >= 4 is 11.9 Å². The molecule has 0 aromatic carbocycles. The monoisotopic (exact) mass is 573 g/mol. The molecule has 0 radical (unpaired) electrons. The van der Waals surface area contributed by atoms with Crippen LogP contribution in [0, 0.1) is 0 Å². The van der Waals surface area contributed by atoms with Gasteiger partial charge in [0, 0.05) is 11.1 Å². The fraction of sp³-hybridized carbons (Fsp3) is 0.824. The molecular formula is C34H68O6. The average Bonchev–Trinajstić information content (AvgIpc) is 2.92. The summed E-state index contributed by atoms with van der Waals surface area (Å²) in [6.07, 6.45) is 32.4. The lowest BCUT2D eigenvalue weighted by Gasteiger charge is -2.04. The van der Waals surface area contributed by atoms with Gasteiger partial charge in [-0.15, -0.1) is 0 Å². The van der Waals surface area contributed by atoms with Crippen molar-refractivity contribution in [3.8, 4) is 0 Å². The third-order valence-electron chi connectivity index (χ3n) is 6.29. The predicted octanol–water partition coefficient (Wildman–Crippen LogP) is 9.87. The van der Waals surface area contributed by atoms with E-state index < -0.39 is 11.9 Å². The quantitative estimate of drug-likeness (QED) is 0.0675. The van der Waals surface area contributed by atoms with Gasteiger partial charge < -0.3 is 20.4 Å². The van der Waals surface area contributed by atoms with Crippen LogP contribution in [0.3, 0.4) is 0 Å². The van der Waals surface area contributed by atoms with E-state index >= 15 is 0 Å². The Labute approximate surface area is 248 Å². The topological polar surface area (TPSA) is 115 Å². The minimum atomic E-state index is -0.935. The Hall–Kier alpha value is -1.66. The average molecular weight is 573 g/mol. The third kappa shape index (κ3) is 56.5. The Bertz CT molecular complexity index is 473. The molecule has 0 aromatic heterocycles. The van der Waals surface area contributed by atoms with Gasteiger partial charge in [0.25, 0.3) is 0 Å². The van der Waals surface area contributed by atoms with Crippen LogP contribution in [0.5, 0.6) is 0 Å². The number of aliphatic hydroxyl groups excluding tert-OH is 2. The summed E-state index contributed by atoms with van der Waals surface area (Å²) in [4.78, 5) is 19.2. The van der Waals surface area contributed by atoms with Crippen molar-refractivity contribution < 1.29 is 30.0 Å². The molecule has 6 heteroatoms. The molecule has 0 heterocycles. The van der Waals surface area contributed by atoms with Gasteiger partial charge in [-0.05, 0) is 13.8 Å². The van der Waals surface area contributed by atoms with Gasteiger partial charge >= 0.3 is 11.9 Å². The number of hydrogen-bond donors (Lipinski definition) is 4. The van der Waals surface area contributed by atoms with Gasteiger partial charge in [-0.1, -0.05) is 168 Å². The van der Waals surface area contributed by atoms with E-state index in [4.69, 9.17) is 20.4 Å². The fourth-order valence-corrected chi connectivity index (χ4v) is 3.68. The first-order valence-corrected chi connectivity index (χ1v) is 16.1. The first-order valence-electron chi connectivity index (χ1n) is 16.1. The van der Waals surface area contributed by atoms with Gasteiger partial charge in [-0.25, -0.2) is 9.59 Å². The fourth-order valence-electron chi connectivity index (χ4n) is 3.68. The number of unbranched alkanes of at least 4 members (excludes halogenated alkanes) is 21. The Morgan fingerprint density at radius 1 is 0.425 bits per heavy atom. The minimum Gasteiger partial charge on any atom is -0.478 e. The molecule has 0 bridgehead atoms. The van der Waals surface area contributed by atoms with Crippen LogP contribution < -0.4 is 0 Å². The molecule has 0 fully saturated rings. The molecule has 4 N–H and O–H groups in total. The van der Waals surface area contributed by atoms with Crippen LogP contribution in [0.15, 0.2) is 24.3 Å². The SMILES string of the molecule is C=C(C)C(=O)O.C=C(C)C(=O)O.CCCCCCCCCCCCCCCCCCCCCCCC.OCCO. The molecule has 0 aromatic rings. The highest BCUT2D eigenvalue weighted by molar-refractivity contribution is 5.85. The van der Waals surface area contributed by atoms with E-state index in [0.29, 0.717) is 0 Å². The summed E-state index contributed by atoms with van der Waals surface area (Å²) in [5.41, 5.74) is 0.352. The minimum absolute atomic E-state index is 0.125. The van der Waals surface area contributed by atoms with Crippen LogP contribution >= 0.6 is 0 Å². The van der Waals surface area contributed by atoms with E-state index in [2.05, 4.69) is 27.0 Å². The van der Waals surface area contributed by atoms with Crippen LogP contribution in [-0.4, -0.2) is 45.6 Å². The van der Waals surface area contributed by atoms with Gasteiger partial charge in [-0.2, -0.15) is 0 Å². The lowest BCUT2D eigenvalue weighted by Crippen LogP contribution is -1.92. The number of aliphatic hydroxyl groups is 2. The zero-order valence-corrected chi connectivity index (χ0v) is 27.0. The molecule has 0 rings (SSSR count). The summed E-state index contributed by atoms with van der Waals surface area (Å²) in [7, 11) is 0. The number of hydrogen-bond acceptors (Lipinski definition) is 4. The van der Waals surface area contributed by atoms with Crippen LogP contribution in [0.1, 0.15) is 169 Å². The second-order valence-electron chi connectivity index (χ2n) is 10.7. The number of carboxylic acids is 2. The molecule has 0 spiro atoms. The van der Waals surface area contributed by atoms with Crippen molar-refractivity contribution in [2.24, 2.45) is 0 Å². The van der Waals surface area contributed by atoms with Crippen LogP contribution in [0.4, 0.5) is 0 Å². The number of aliphatic carboxylic acids is 2. The third-order valence-corrected chi connectivity index (χ3v) is 6.29. The maximum atomic E-state index is 9.60. The van der Waals surface area contributed by atoms with Crippen LogP contribution in [0.2, 0.25) is 0 Å². The highest BCUT2D eigenvalue weighted by atomic mass is 16.4. The summed E-state index contributed by atoms with van der Waals surface area (Å²) in [5.74, 6) is -1.87. The normalized spacial score (nSPS) is 9.75. The molecule has 0 amide bonds. The van der Waals surface area contributed by atoms with Gasteiger partial charge in [0.1, 0.15) is 0 Å². The van der Waals surface area contributed by atoms with E-state index in [9.17, 15) is 9.59 Å². The maximum absolute atomic E-state index is 9.60. The molecule has 40 heavy (non-hydrogen) atoms. The predicted molar refractivity (Wildman–Crippen MR) is 172 cm³/mol. The standard InChI is InChI=1S/C24H50.2C4H6O2.C2H6O2/c1-3-5-7-9-11-13-15-17-19-21-23-24-22-20-18-16-14-12-10-8-6-4-2;2*1-3(2)4(5)6;3-1-2-4/h3-24H2,1-2H3;2*1H2,2H3,(H,5,6);3-4H,1-2H2. The molecule has 0 atom stereocenters. The maximum Gasteiger partial charge on any atom is 0.330 e. The van der Waals surface area contributed by atoms with E-state index in [-0.39, 0.29) is 24.4 Å². The van der Waals surface area contributed by atoms with Crippen molar-refractivity contribution in [3.05, 3.63) is 24.3 Å². The van der Waals surface area contributed by atoms with Crippen LogP contribution in [0.25, 0.3) is 0 Å². The highest BCUT2D eigenvalue weighted by Crippen LogP contribution is 2.15. The molecule has 0 aliphatic heterocycles. The van der Waals surface area contributed by atoms with Crippen molar-refractivity contribution in [3.63, 3.8) is 0 Å². The first kappa shape index (κ1) is 45.3. The Balaban J connectivity index is -0.000000327. The summed E-state index contributed by atoms with van der Waals surface area (Å²) in [6.45, 7) is 13.6. The summed E-state index contributed by atoms with van der Waals surface area (Å²) in [6, 6.07) is 0. The summed E-state index contributed by atoms with van der Waals surface area (Å²) in [5, 5.41) is 31.0. The second-order valence-corrected chi connectivity index (χ2v) is 10.7. The van der Waals surface area contributed by atoms with Gasteiger partial charge in [0.2, 0.25) is 0 Å². The Morgan fingerprint density at radius 3 is 0.625 bits per heavy atom. The van der Waals surface area contributed by atoms with Crippen molar-refractivity contribution in [1.29, 1.82) is 0 Å². The molecular weight excluding hydrogens is 504 g/mol. The lowest BCUT2D eigenvalue weighted by atomic mass is 10.0. The van der Waals surface area contributed by atoms with E-state index in [0.717, 1.165) is 0 Å². The van der Waals surface area contributed by atoms with Gasteiger partial charge in [0.05, 0.1) is 13.2 Å². The highest BCUT2D eigenvalue weighted by Gasteiger charge is 1.95. The van der Waals surface area contributed by atoms with E-state index in [1.165, 1.54) is 155 Å². The largest absolute Gasteiger partial charge is 0.478 e. The van der Waals surface area contributed by atoms with Gasteiger partial charge in [-0.3, -0.25) is 0 Å². The number of rotatable bonds is 24. The molecule has 6 nitrogen and oxygen atoms in total. The molecule has 0 saturated heterocycles. The van der Waals surface area contributed by atoms with Crippen molar-refractivity contribution in [2.45, 2.75) is 169 Å². The summed E-state index contributed by atoms with van der Waals surface area (Å²) < 4.78 is 0. The number of carboxylic acid groups (broad SMARTS) is 2. The molecule has 0 unspecified atom stereocenters. The Kier molecular flexibility index (Phi) is 47.4. The second kappa shape index (κ2) is 41.8. The molecule has 0 aliphatic rings. The first-order chi connectivity index (χ1) is 19.1. The smallest absolute Gasteiger partial charge is 0.330 e. The number of carbonyl (C=O) groups is 2. The van der Waals surface area contributed by atoms with Crippen molar-refractivity contribution in [2.75, 3.05) is 13.2 Å².